The first-order valence-corrected chi connectivity index (χ1v) is 12.1. The number of nitrogens with one attached hydrogen (secondary N) is 2. The van der Waals surface area contributed by atoms with E-state index in [1.54, 1.807) is 17.0 Å². The zero-order valence-corrected chi connectivity index (χ0v) is 20.1. The van der Waals surface area contributed by atoms with E-state index in [0.717, 1.165) is 24.2 Å². The van der Waals surface area contributed by atoms with Crippen molar-refractivity contribution in [2.45, 2.75) is 25.1 Å². The van der Waals surface area contributed by atoms with Crippen molar-refractivity contribution in [3.63, 3.8) is 0 Å². The number of amides is 3. The van der Waals surface area contributed by atoms with E-state index in [-0.39, 0.29) is 30.1 Å². The molecule has 192 valence electrons. The molecule has 4 N–H and O–H groups in total. The van der Waals surface area contributed by atoms with Crippen molar-refractivity contribution in [3.8, 4) is 5.75 Å². The molecule has 5 rings (SSSR count). The van der Waals surface area contributed by atoms with Crippen molar-refractivity contribution in [1.29, 1.82) is 0 Å². The molecule has 37 heavy (non-hydrogen) atoms. The molecule has 2 aliphatic heterocycles. The highest BCUT2D eigenvalue weighted by Gasteiger charge is 2.40. The van der Waals surface area contributed by atoms with Crippen LogP contribution in [0.2, 0.25) is 0 Å². The van der Waals surface area contributed by atoms with Crippen molar-refractivity contribution in [3.05, 3.63) is 72.1 Å². The lowest BCUT2D eigenvalue weighted by molar-refractivity contribution is 0.0536. The van der Waals surface area contributed by atoms with E-state index in [1.807, 2.05) is 36.4 Å². The van der Waals surface area contributed by atoms with Crippen molar-refractivity contribution in [1.82, 2.24) is 15.3 Å². The van der Waals surface area contributed by atoms with Crippen LogP contribution in [-0.2, 0) is 6.54 Å². The molecule has 11 heteroatoms. The summed E-state index contributed by atoms with van der Waals surface area (Å²) in [6.07, 6.45) is 1.24. The molecule has 0 aliphatic carbocycles. The molecular weight excluding hydrogens is 476 g/mol. The van der Waals surface area contributed by atoms with E-state index in [0.29, 0.717) is 24.7 Å². The largest absolute Gasteiger partial charge is 0.491 e. The van der Waals surface area contributed by atoms with Gasteiger partial charge in [-0.2, -0.15) is 0 Å². The first-order chi connectivity index (χ1) is 18.0. The number of urea groups is 1. The summed E-state index contributed by atoms with van der Waals surface area (Å²) in [5, 5.41) is 24.1. The molecule has 3 amide bonds. The van der Waals surface area contributed by atoms with Gasteiger partial charge in [-0.1, -0.05) is 30.3 Å². The molecule has 2 aliphatic rings. The number of ether oxygens (including phenoxy) is 1. The molecule has 0 radical (unpaired) electrons. The highest BCUT2D eigenvalue weighted by molar-refractivity contribution is 6.05. The molecule has 1 aromatic carbocycles. The van der Waals surface area contributed by atoms with Crippen LogP contribution >= 0.6 is 0 Å². The predicted octanol–water partition coefficient (Wildman–Crippen LogP) is 1.77. The fraction of sp³-hybridized carbons (Fsp3) is 0.308. The van der Waals surface area contributed by atoms with Crippen LogP contribution in [0.5, 0.6) is 5.75 Å². The topological polar surface area (TPSA) is 140 Å². The summed E-state index contributed by atoms with van der Waals surface area (Å²) >= 11 is 0. The van der Waals surface area contributed by atoms with Gasteiger partial charge in [-0.3, -0.25) is 15.0 Å². The number of hydrogen-bond acceptors (Lipinski definition) is 8. The molecule has 0 saturated carbocycles. The number of carbonyl (C=O) groups excluding carboxylic acids is 2. The standard InChI is InChI=1S/C26H28N6O5/c33-15-19(34)16-37-20-8-10-27-23(12-20)30-26(36)32-18-9-11-31(14-18)22-7-6-21(29-24(22)32)25(35)28-13-17-4-2-1-3-5-17/h1-8,10,12,18-19,33-34H,9,11,13-16H2,(H,28,35)(H,27,30,36)/t18-,19?/m0/s1. The third-order valence-electron chi connectivity index (χ3n) is 6.32. The maximum Gasteiger partial charge on any atom is 0.329 e. The van der Waals surface area contributed by atoms with E-state index in [9.17, 15) is 14.7 Å². The van der Waals surface area contributed by atoms with Crippen LogP contribution in [0.3, 0.4) is 0 Å². The second kappa shape index (κ2) is 10.8. The number of nitrogens with zero attached hydrogens (tertiary/aromatic N) is 4. The Morgan fingerprint density at radius 2 is 2.00 bits per heavy atom. The number of rotatable bonds is 8. The van der Waals surface area contributed by atoms with Crippen LogP contribution in [0.25, 0.3) is 0 Å². The van der Waals surface area contributed by atoms with Gasteiger partial charge >= 0.3 is 6.03 Å². The van der Waals surface area contributed by atoms with Gasteiger partial charge in [-0.15, -0.1) is 0 Å². The maximum absolute atomic E-state index is 13.4. The Kier molecular flexibility index (Phi) is 7.15. The Bertz CT molecular complexity index is 1270. The van der Waals surface area contributed by atoms with Crippen molar-refractivity contribution < 1.29 is 24.5 Å². The lowest BCUT2D eigenvalue weighted by Crippen LogP contribution is -2.48. The zero-order chi connectivity index (χ0) is 25.8. The summed E-state index contributed by atoms with van der Waals surface area (Å²) in [5.74, 6) is 0.757. The molecule has 1 unspecified atom stereocenters. The van der Waals surface area contributed by atoms with E-state index >= 15 is 0 Å². The molecule has 11 nitrogen and oxygen atoms in total. The summed E-state index contributed by atoms with van der Waals surface area (Å²) in [5.41, 5.74) is 2.00. The Labute approximate surface area is 213 Å². The van der Waals surface area contributed by atoms with Crippen LogP contribution in [0.1, 0.15) is 22.5 Å². The Hall–Kier alpha value is -4.22. The van der Waals surface area contributed by atoms with Crippen molar-refractivity contribution >= 4 is 29.3 Å². The van der Waals surface area contributed by atoms with Gasteiger partial charge in [-0.25, -0.2) is 14.8 Å². The van der Waals surface area contributed by atoms with E-state index < -0.39 is 18.7 Å². The van der Waals surface area contributed by atoms with E-state index in [1.165, 1.54) is 12.3 Å². The molecule has 1 fully saturated rings. The SMILES string of the molecule is O=C(NCc1ccccc1)c1ccc2c(n1)N(C(=O)Nc1cc(OCC(O)CO)ccn1)[C@H]1CCN2C1. The molecule has 0 spiro atoms. The highest BCUT2D eigenvalue weighted by atomic mass is 16.5. The lowest BCUT2D eigenvalue weighted by Gasteiger charge is -2.35. The number of anilines is 3. The maximum atomic E-state index is 13.4. The second-order valence-electron chi connectivity index (χ2n) is 8.92. The second-order valence-corrected chi connectivity index (χ2v) is 8.92. The van der Waals surface area contributed by atoms with Crippen LogP contribution < -0.4 is 25.2 Å². The third-order valence-corrected chi connectivity index (χ3v) is 6.32. The minimum Gasteiger partial charge on any atom is -0.491 e. The van der Waals surface area contributed by atoms with Crippen LogP contribution in [0.4, 0.5) is 22.1 Å². The highest BCUT2D eigenvalue weighted by Crippen LogP contribution is 2.39. The summed E-state index contributed by atoms with van der Waals surface area (Å²) in [6.45, 7) is 1.33. The number of hydrogen-bond donors (Lipinski definition) is 4. The number of aromatic nitrogens is 2. The lowest BCUT2D eigenvalue weighted by atomic mass is 10.1. The summed E-state index contributed by atoms with van der Waals surface area (Å²) in [7, 11) is 0. The molecule has 2 bridgehead atoms. The number of benzene rings is 1. The van der Waals surface area contributed by atoms with Crippen molar-refractivity contribution in [2.75, 3.05) is 41.4 Å². The first-order valence-electron chi connectivity index (χ1n) is 12.1. The van der Waals surface area contributed by atoms with Gasteiger partial charge in [0.1, 0.15) is 30.0 Å². The van der Waals surface area contributed by atoms with E-state index in [2.05, 4.69) is 25.5 Å². The van der Waals surface area contributed by atoms with Crippen LogP contribution in [0, 0.1) is 0 Å². The number of aliphatic hydroxyl groups is 2. The van der Waals surface area contributed by atoms with Gasteiger partial charge in [0.05, 0.1) is 18.3 Å². The summed E-state index contributed by atoms with van der Waals surface area (Å²) in [6, 6.07) is 15.7. The van der Waals surface area contributed by atoms with Gasteiger partial charge in [0.15, 0.2) is 5.82 Å². The molecule has 2 atom stereocenters. The number of fused-ring (bicyclic) bond motifs is 4. The molecule has 2 aromatic heterocycles. The van der Waals surface area contributed by atoms with Crippen molar-refractivity contribution in [2.24, 2.45) is 0 Å². The van der Waals surface area contributed by atoms with Gasteiger partial charge in [0, 0.05) is 31.9 Å². The third kappa shape index (κ3) is 5.47. The number of carbonyl (C=O) groups is 2. The quantitative estimate of drug-likeness (QED) is 0.364. The average molecular weight is 505 g/mol. The molecule has 3 aromatic rings. The molecule has 4 heterocycles. The Morgan fingerprint density at radius 3 is 2.81 bits per heavy atom. The van der Waals surface area contributed by atoms with Gasteiger partial charge in [0.25, 0.3) is 5.91 Å². The summed E-state index contributed by atoms with van der Waals surface area (Å²) in [4.78, 5) is 38.8. The molecular formula is C26H28N6O5. The Balaban J connectivity index is 1.33. The zero-order valence-electron chi connectivity index (χ0n) is 20.1. The fourth-order valence-electron chi connectivity index (χ4n) is 4.45. The monoisotopic (exact) mass is 504 g/mol. The average Bonchev–Trinajstić information content (AvgIpc) is 3.35. The predicted molar refractivity (Wildman–Crippen MR) is 137 cm³/mol. The smallest absolute Gasteiger partial charge is 0.329 e. The van der Waals surface area contributed by atoms with Gasteiger partial charge < -0.3 is 25.2 Å². The van der Waals surface area contributed by atoms with Crippen LogP contribution in [0.15, 0.2) is 60.8 Å². The van der Waals surface area contributed by atoms with Crippen LogP contribution in [-0.4, -0.2) is 70.6 Å². The first kappa shape index (κ1) is 24.5. The number of aliphatic hydroxyl groups excluding tert-OH is 2. The minimum absolute atomic E-state index is 0.0929. The van der Waals surface area contributed by atoms with E-state index in [4.69, 9.17) is 9.84 Å². The van der Waals surface area contributed by atoms with Gasteiger partial charge in [0.2, 0.25) is 0 Å². The normalized spacial score (nSPS) is 16.6. The summed E-state index contributed by atoms with van der Waals surface area (Å²) < 4.78 is 5.45. The number of pyridine rings is 2. The van der Waals surface area contributed by atoms with Gasteiger partial charge in [-0.05, 0) is 30.2 Å². The molecule has 1 saturated heterocycles. The fourth-order valence-corrected chi connectivity index (χ4v) is 4.45. The minimum atomic E-state index is -1.01. The Morgan fingerprint density at radius 1 is 1.16 bits per heavy atom.